The first kappa shape index (κ1) is 24.3. The zero-order valence-corrected chi connectivity index (χ0v) is 20.2. The summed E-state index contributed by atoms with van der Waals surface area (Å²) in [6, 6.07) is 26.0. The zero-order valence-electron chi connectivity index (χ0n) is 19.4. The number of methoxy groups -OCH3 is 1. The first-order valence-electron chi connectivity index (χ1n) is 11.0. The molecule has 1 aromatic heterocycles. The van der Waals surface area contributed by atoms with E-state index in [-0.39, 0.29) is 22.8 Å². The number of amides is 1. The molecule has 3 aromatic carbocycles. The van der Waals surface area contributed by atoms with Gasteiger partial charge >= 0.3 is 0 Å². The van der Waals surface area contributed by atoms with Crippen molar-refractivity contribution in [3.63, 3.8) is 0 Å². The highest BCUT2D eigenvalue weighted by atomic mass is 32.2. The Hall–Kier alpha value is -3.88. The summed E-state index contributed by atoms with van der Waals surface area (Å²) in [4.78, 5) is 13.2. The van der Waals surface area contributed by atoms with Gasteiger partial charge in [0, 0.05) is 19.2 Å². The van der Waals surface area contributed by atoms with Crippen molar-refractivity contribution in [2.45, 2.75) is 17.5 Å². The van der Waals surface area contributed by atoms with Gasteiger partial charge in [-0.05, 0) is 41.5 Å². The molecule has 0 saturated carbocycles. The van der Waals surface area contributed by atoms with Crippen LogP contribution in [0.4, 0.5) is 0 Å². The van der Waals surface area contributed by atoms with E-state index in [1.165, 1.54) is 42.9 Å². The third-order valence-corrected chi connectivity index (χ3v) is 7.42. The maximum atomic E-state index is 13.4. The molecule has 0 spiro atoms. The lowest BCUT2D eigenvalue weighted by molar-refractivity contribution is 0.0938. The number of rotatable bonds is 9. The molecule has 0 radical (unpaired) electrons. The number of benzene rings is 3. The predicted octanol–water partition coefficient (Wildman–Crippen LogP) is 4.63. The van der Waals surface area contributed by atoms with Crippen LogP contribution in [0.5, 0.6) is 5.75 Å². The topological polar surface area (TPSA) is 88.8 Å². The van der Waals surface area contributed by atoms with E-state index in [0.29, 0.717) is 5.76 Å². The Balaban J connectivity index is 1.64. The number of nitrogens with one attached hydrogen (secondary N) is 1. The zero-order chi connectivity index (χ0) is 24.8. The van der Waals surface area contributed by atoms with Gasteiger partial charge in [0.25, 0.3) is 5.91 Å². The molecule has 8 heteroatoms. The Bertz CT molecular complexity index is 1370. The van der Waals surface area contributed by atoms with Gasteiger partial charge in [-0.3, -0.25) is 4.79 Å². The fourth-order valence-electron chi connectivity index (χ4n) is 3.75. The summed E-state index contributed by atoms with van der Waals surface area (Å²) < 4.78 is 39.0. The Morgan fingerprint density at radius 1 is 0.971 bits per heavy atom. The minimum Gasteiger partial charge on any atom is -0.495 e. The largest absolute Gasteiger partial charge is 0.495 e. The molecule has 0 aliphatic carbocycles. The fourth-order valence-corrected chi connectivity index (χ4v) is 5.08. The Morgan fingerprint density at radius 3 is 2.29 bits per heavy atom. The van der Waals surface area contributed by atoms with Crippen molar-refractivity contribution in [3.05, 3.63) is 120 Å². The molecule has 4 rings (SSSR count). The molecule has 0 fully saturated rings. The van der Waals surface area contributed by atoms with E-state index in [2.05, 4.69) is 5.32 Å². The van der Waals surface area contributed by atoms with E-state index in [0.717, 1.165) is 11.1 Å². The van der Waals surface area contributed by atoms with Gasteiger partial charge in [0.15, 0.2) is 0 Å². The van der Waals surface area contributed by atoms with Gasteiger partial charge in [-0.15, -0.1) is 0 Å². The van der Waals surface area contributed by atoms with Crippen LogP contribution in [0.3, 0.4) is 0 Å². The third kappa shape index (κ3) is 5.45. The summed E-state index contributed by atoms with van der Waals surface area (Å²) in [5, 5.41) is 2.96. The van der Waals surface area contributed by atoms with Gasteiger partial charge in [0.1, 0.15) is 22.4 Å². The molecule has 7 nitrogen and oxygen atoms in total. The average molecular weight is 491 g/mol. The molecule has 35 heavy (non-hydrogen) atoms. The molecule has 4 aromatic rings. The van der Waals surface area contributed by atoms with E-state index in [4.69, 9.17) is 9.15 Å². The van der Waals surface area contributed by atoms with Gasteiger partial charge in [-0.1, -0.05) is 60.7 Å². The highest BCUT2D eigenvalue weighted by Crippen LogP contribution is 2.29. The van der Waals surface area contributed by atoms with Gasteiger partial charge in [-0.25, -0.2) is 8.42 Å². The van der Waals surface area contributed by atoms with Crippen molar-refractivity contribution in [2.24, 2.45) is 0 Å². The third-order valence-electron chi connectivity index (χ3n) is 5.60. The molecule has 180 valence electrons. The first-order valence-corrected chi connectivity index (χ1v) is 12.4. The number of nitrogens with zero attached hydrogens (tertiary/aromatic N) is 1. The summed E-state index contributed by atoms with van der Waals surface area (Å²) in [7, 11) is -1.06. The van der Waals surface area contributed by atoms with Crippen LogP contribution in [-0.2, 0) is 16.6 Å². The van der Waals surface area contributed by atoms with Crippen LogP contribution < -0.4 is 10.1 Å². The van der Waals surface area contributed by atoms with Crippen LogP contribution in [0.15, 0.2) is 107 Å². The van der Waals surface area contributed by atoms with Crippen LogP contribution in [0.25, 0.3) is 0 Å². The van der Waals surface area contributed by atoms with Crippen LogP contribution in [0, 0.1) is 0 Å². The summed E-state index contributed by atoms with van der Waals surface area (Å²) in [5.74, 6) is 0.278. The molecule has 0 aliphatic rings. The number of hydrogen-bond donors (Lipinski definition) is 1. The second kappa shape index (κ2) is 10.6. The molecule has 1 unspecified atom stereocenters. The highest BCUT2D eigenvalue weighted by molar-refractivity contribution is 7.89. The SMILES string of the molecule is COc1ccc(C(=O)NC(c2ccccc2)c2ccco2)cc1S(=O)(=O)N(C)Cc1ccccc1. The monoisotopic (exact) mass is 490 g/mol. The van der Waals surface area contributed by atoms with Gasteiger partial charge in [0.05, 0.1) is 13.4 Å². The highest BCUT2D eigenvalue weighted by Gasteiger charge is 2.27. The molecule has 1 atom stereocenters. The molecule has 1 heterocycles. The second-order valence-corrected chi connectivity index (χ2v) is 9.96. The molecular weight excluding hydrogens is 464 g/mol. The number of ether oxygens (including phenoxy) is 1. The Kier molecular flexibility index (Phi) is 7.33. The summed E-state index contributed by atoms with van der Waals surface area (Å²) in [5.41, 5.74) is 1.86. The van der Waals surface area contributed by atoms with Crippen molar-refractivity contribution >= 4 is 15.9 Å². The first-order chi connectivity index (χ1) is 16.9. The van der Waals surface area contributed by atoms with E-state index < -0.39 is 22.0 Å². The lowest BCUT2D eigenvalue weighted by Gasteiger charge is -2.20. The number of sulfonamides is 1. The summed E-state index contributed by atoms with van der Waals surface area (Å²) in [6.45, 7) is 0.178. The summed E-state index contributed by atoms with van der Waals surface area (Å²) >= 11 is 0. The maximum absolute atomic E-state index is 13.4. The number of carbonyl (C=O) groups excluding carboxylic acids is 1. The molecule has 1 N–H and O–H groups in total. The van der Waals surface area contributed by atoms with Gasteiger partial charge in [0.2, 0.25) is 10.0 Å². The summed E-state index contributed by atoms with van der Waals surface area (Å²) in [6.07, 6.45) is 1.54. The molecular formula is C27H26N2O5S. The van der Waals surface area contributed by atoms with Crippen molar-refractivity contribution in [1.82, 2.24) is 9.62 Å². The van der Waals surface area contributed by atoms with Crippen molar-refractivity contribution in [2.75, 3.05) is 14.2 Å². The van der Waals surface area contributed by atoms with Crippen LogP contribution in [0.2, 0.25) is 0 Å². The van der Waals surface area contributed by atoms with Crippen molar-refractivity contribution in [3.8, 4) is 5.75 Å². The minimum absolute atomic E-state index is 0.0830. The molecule has 0 bridgehead atoms. The number of furan rings is 1. The van der Waals surface area contributed by atoms with Crippen LogP contribution in [0.1, 0.15) is 33.3 Å². The van der Waals surface area contributed by atoms with E-state index >= 15 is 0 Å². The Morgan fingerprint density at radius 2 is 1.66 bits per heavy atom. The lowest BCUT2D eigenvalue weighted by atomic mass is 10.0. The van der Waals surface area contributed by atoms with E-state index in [1.807, 2.05) is 60.7 Å². The standard InChI is InChI=1S/C27H26N2O5S/c1-29(19-20-10-5-3-6-11-20)35(31,32)25-18-22(15-16-23(25)33-2)27(30)28-26(24-14-9-17-34-24)21-12-7-4-8-13-21/h3-18,26H,19H2,1-2H3,(H,28,30). The lowest BCUT2D eigenvalue weighted by Crippen LogP contribution is -2.30. The fraction of sp³-hybridized carbons (Fsp3) is 0.148. The van der Waals surface area contributed by atoms with Crippen LogP contribution >= 0.6 is 0 Å². The van der Waals surface area contributed by atoms with Crippen molar-refractivity contribution < 1.29 is 22.4 Å². The Labute approximate surface area is 205 Å². The van der Waals surface area contributed by atoms with E-state index in [1.54, 1.807) is 12.1 Å². The average Bonchev–Trinajstić information content (AvgIpc) is 3.42. The van der Waals surface area contributed by atoms with Crippen molar-refractivity contribution in [1.29, 1.82) is 0 Å². The molecule has 0 saturated heterocycles. The molecule has 0 aliphatic heterocycles. The quantitative estimate of drug-likeness (QED) is 0.370. The minimum atomic E-state index is -3.95. The molecule has 1 amide bonds. The number of carbonyl (C=O) groups is 1. The number of hydrogen-bond acceptors (Lipinski definition) is 5. The second-order valence-electron chi connectivity index (χ2n) is 7.94. The van der Waals surface area contributed by atoms with Gasteiger partial charge < -0.3 is 14.5 Å². The predicted molar refractivity (Wildman–Crippen MR) is 133 cm³/mol. The van der Waals surface area contributed by atoms with Gasteiger partial charge in [-0.2, -0.15) is 4.31 Å². The normalized spacial score (nSPS) is 12.3. The smallest absolute Gasteiger partial charge is 0.252 e. The van der Waals surface area contributed by atoms with E-state index in [9.17, 15) is 13.2 Å². The maximum Gasteiger partial charge on any atom is 0.252 e. The van der Waals surface area contributed by atoms with Crippen LogP contribution in [-0.4, -0.2) is 32.8 Å².